The second-order valence-electron chi connectivity index (χ2n) is 4.20. The average molecular weight is 264 g/mol. The first-order valence-electron chi connectivity index (χ1n) is 5.71. The Balaban J connectivity index is 2.21. The van der Waals surface area contributed by atoms with E-state index in [0.29, 0.717) is 5.82 Å². The number of hydrogen-bond acceptors (Lipinski definition) is 4. The monoisotopic (exact) mass is 264 g/mol. The van der Waals surface area contributed by atoms with Crippen LogP contribution >= 0.6 is 11.3 Å². The number of H-pyrrole nitrogens is 1. The Morgan fingerprint density at radius 3 is 2.72 bits per heavy atom. The first-order chi connectivity index (χ1) is 8.50. The smallest absolute Gasteiger partial charge is 0.289 e. The van der Waals surface area contributed by atoms with E-state index in [-0.39, 0.29) is 11.9 Å². The van der Waals surface area contributed by atoms with Crippen LogP contribution in [-0.2, 0) is 0 Å². The summed E-state index contributed by atoms with van der Waals surface area (Å²) < 4.78 is 0. The molecule has 0 aromatic carbocycles. The van der Waals surface area contributed by atoms with Crippen LogP contribution in [0.2, 0.25) is 0 Å². The zero-order valence-corrected chi connectivity index (χ0v) is 11.7. The Hall–Kier alpha value is -1.69. The van der Waals surface area contributed by atoms with Crippen molar-refractivity contribution in [2.75, 3.05) is 7.05 Å². The fourth-order valence-electron chi connectivity index (χ4n) is 1.84. The van der Waals surface area contributed by atoms with E-state index in [0.717, 1.165) is 15.6 Å². The molecule has 0 aliphatic rings. The second-order valence-corrected chi connectivity index (χ2v) is 5.61. The molecule has 1 amide bonds. The maximum Gasteiger partial charge on any atom is 0.289 e. The summed E-state index contributed by atoms with van der Waals surface area (Å²) in [4.78, 5) is 26.2. The van der Waals surface area contributed by atoms with Gasteiger partial charge in [0.15, 0.2) is 5.82 Å². The Kier molecular flexibility index (Phi) is 3.47. The largest absolute Gasteiger partial charge is 0.341 e. The van der Waals surface area contributed by atoms with Crippen molar-refractivity contribution in [2.45, 2.75) is 26.8 Å². The third-order valence-corrected chi connectivity index (χ3v) is 3.84. The summed E-state index contributed by atoms with van der Waals surface area (Å²) in [5.41, 5.74) is 0.958. The number of thiazole rings is 1. The van der Waals surface area contributed by atoms with Gasteiger partial charge in [0.2, 0.25) is 0 Å². The molecule has 2 aromatic heterocycles. The molecule has 0 fully saturated rings. The van der Waals surface area contributed by atoms with Crippen LogP contribution in [0.1, 0.15) is 39.2 Å². The average Bonchev–Trinajstić information content (AvgIpc) is 2.96. The van der Waals surface area contributed by atoms with Gasteiger partial charge in [-0.1, -0.05) is 0 Å². The number of carbonyl (C=O) groups is 1. The molecule has 2 aromatic rings. The standard InChI is InChI=1S/C12H16N4OS/c1-7(10-8(2)18-9(3)15-10)16(4)12(17)11-13-5-6-14-11/h5-7H,1-4H3,(H,13,14)/t7-/m0/s1. The van der Waals surface area contributed by atoms with Crippen molar-refractivity contribution in [3.8, 4) is 0 Å². The lowest BCUT2D eigenvalue weighted by Crippen LogP contribution is -2.31. The van der Waals surface area contributed by atoms with E-state index < -0.39 is 0 Å². The summed E-state index contributed by atoms with van der Waals surface area (Å²) in [6, 6.07) is -0.0625. The van der Waals surface area contributed by atoms with Crippen molar-refractivity contribution in [2.24, 2.45) is 0 Å². The lowest BCUT2D eigenvalue weighted by molar-refractivity contribution is 0.0728. The highest BCUT2D eigenvalue weighted by molar-refractivity contribution is 7.11. The van der Waals surface area contributed by atoms with Crippen LogP contribution in [0, 0.1) is 13.8 Å². The third kappa shape index (κ3) is 2.28. The SMILES string of the molecule is Cc1nc([C@H](C)N(C)C(=O)c2ncc[nH]2)c(C)s1. The second kappa shape index (κ2) is 4.89. The van der Waals surface area contributed by atoms with E-state index in [1.54, 1.807) is 35.7 Å². The Morgan fingerprint density at radius 1 is 1.50 bits per heavy atom. The van der Waals surface area contributed by atoms with Crippen LogP contribution < -0.4 is 0 Å². The van der Waals surface area contributed by atoms with Crippen molar-refractivity contribution in [1.29, 1.82) is 0 Å². The van der Waals surface area contributed by atoms with Gasteiger partial charge in [-0.05, 0) is 20.8 Å². The Morgan fingerprint density at radius 2 is 2.22 bits per heavy atom. The number of carbonyl (C=O) groups excluding carboxylic acids is 1. The summed E-state index contributed by atoms with van der Waals surface area (Å²) in [5, 5.41) is 1.02. The van der Waals surface area contributed by atoms with E-state index in [2.05, 4.69) is 15.0 Å². The van der Waals surface area contributed by atoms with Crippen molar-refractivity contribution in [3.63, 3.8) is 0 Å². The van der Waals surface area contributed by atoms with Crippen molar-refractivity contribution in [1.82, 2.24) is 19.9 Å². The molecule has 0 saturated heterocycles. The molecule has 0 radical (unpaired) electrons. The zero-order valence-electron chi connectivity index (χ0n) is 10.9. The lowest BCUT2D eigenvalue weighted by atomic mass is 10.2. The quantitative estimate of drug-likeness (QED) is 0.925. The van der Waals surface area contributed by atoms with Gasteiger partial charge in [-0.15, -0.1) is 11.3 Å². The van der Waals surface area contributed by atoms with Crippen LogP contribution in [0.25, 0.3) is 0 Å². The number of amides is 1. The van der Waals surface area contributed by atoms with E-state index in [4.69, 9.17) is 0 Å². The topological polar surface area (TPSA) is 61.9 Å². The van der Waals surface area contributed by atoms with Gasteiger partial charge in [0.05, 0.1) is 16.7 Å². The lowest BCUT2D eigenvalue weighted by Gasteiger charge is -2.23. The van der Waals surface area contributed by atoms with E-state index in [1.165, 1.54) is 0 Å². The van der Waals surface area contributed by atoms with Gasteiger partial charge in [0.25, 0.3) is 5.91 Å². The number of hydrogen-bond donors (Lipinski definition) is 1. The summed E-state index contributed by atoms with van der Waals surface area (Å²) in [6.45, 7) is 5.98. The molecule has 2 rings (SSSR count). The highest BCUT2D eigenvalue weighted by atomic mass is 32.1. The molecule has 0 bridgehead atoms. The third-order valence-electron chi connectivity index (χ3n) is 2.94. The molecular formula is C12H16N4OS. The maximum absolute atomic E-state index is 12.1. The Bertz CT molecular complexity index is 546. The van der Waals surface area contributed by atoms with Gasteiger partial charge in [0, 0.05) is 24.3 Å². The highest BCUT2D eigenvalue weighted by Gasteiger charge is 2.23. The predicted octanol–water partition coefficient (Wildman–Crippen LogP) is 2.32. The molecule has 0 aliphatic heterocycles. The number of aromatic nitrogens is 3. The summed E-state index contributed by atoms with van der Waals surface area (Å²) in [7, 11) is 1.77. The van der Waals surface area contributed by atoms with Gasteiger partial charge in [-0.2, -0.15) is 0 Å². The zero-order chi connectivity index (χ0) is 13.3. The molecule has 1 atom stereocenters. The molecule has 18 heavy (non-hydrogen) atoms. The van der Waals surface area contributed by atoms with Crippen LogP contribution in [0.5, 0.6) is 0 Å². The summed E-state index contributed by atoms with van der Waals surface area (Å²) >= 11 is 1.65. The number of rotatable bonds is 3. The van der Waals surface area contributed by atoms with Crippen LogP contribution in [0.3, 0.4) is 0 Å². The fourth-order valence-corrected chi connectivity index (χ4v) is 2.75. The molecular weight excluding hydrogens is 248 g/mol. The predicted molar refractivity (Wildman–Crippen MR) is 70.7 cm³/mol. The molecule has 0 saturated carbocycles. The molecule has 0 aliphatic carbocycles. The summed E-state index contributed by atoms with van der Waals surface area (Å²) in [6.07, 6.45) is 3.22. The normalized spacial score (nSPS) is 12.4. The number of nitrogens with zero attached hydrogens (tertiary/aromatic N) is 3. The summed E-state index contributed by atoms with van der Waals surface area (Å²) in [5.74, 6) is 0.228. The van der Waals surface area contributed by atoms with Crippen molar-refractivity contribution in [3.05, 3.63) is 33.8 Å². The van der Waals surface area contributed by atoms with Gasteiger partial charge in [-0.25, -0.2) is 9.97 Å². The van der Waals surface area contributed by atoms with Gasteiger partial charge in [0.1, 0.15) is 0 Å². The maximum atomic E-state index is 12.1. The number of imidazole rings is 1. The molecule has 0 unspecified atom stereocenters. The number of aromatic amines is 1. The van der Waals surface area contributed by atoms with Gasteiger partial charge >= 0.3 is 0 Å². The minimum absolute atomic E-state index is 0.0625. The van der Waals surface area contributed by atoms with E-state index >= 15 is 0 Å². The first kappa shape index (κ1) is 12.8. The Labute approximate surface area is 110 Å². The van der Waals surface area contributed by atoms with Crippen LogP contribution in [0.15, 0.2) is 12.4 Å². The minimum Gasteiger partial charge on any atom is -0.341 e. The van der Waals surface area contributed by atoms with Gasteiger partial charge in [-0.3, -0.25) is 4.79 Å². The molecule has 5 nitrogen and oxygen atoms in total. The molecule has 0 spiro atoms. The van der Waals surface area contributed by atoms with Gasteiger partial charge < -0.3 is 9.88 Å². The molecule has 1 N–H and O–H groups in total. The van der Waals surface area contributed by atoms with Crippen LogP contribution in [0.4, 0.5) is 0 Å². The number of nitrogens with one attached hydrogen (secondary N) is 1. The molecule has 6 heteroatoms. The minimum atomic E-state index is -0.127. The van der Waals surface area contributed by atoms with Crippen molar-refractivity contribution >= 4 is 17.2 Å². The highest BCUT2D eigenvalue weighted by Crippen LogP contribution is 2.26. The molecule has 96 valence electrons. The van der Waals surface area contributed by atoms with E-state index in [1.807, 2.05) is 20.8 Å². The van der Waals surface area contributed by atoms with Crippen LogP contribution in [-0.4, -0.2) is 32.8 Å². The van der Waals surface area contributed by atoms with E-state index in [9.17, 15) is 4.79 Å². The van der Waals surface area contributed by atoms with Crippen molar-refractivity contribution < 1.29 is 4.79 Å². The fraction of sp³-hybridized carbons (Fsp3) is 0.417. The molecule has 2 heterocycles. The first-order valence-corrected chi connectivity index (χ1v) is 6.52. The number of aryl methyl sites for hydroxylation is 2.